The second-order valence-corrected chi connectivity index (χ2v) is 3.88. The first-order valence-corrected chi connectivity index (χ1v) is 5.38. The van der Waals surface area contributed by atoms with Crippen molar-refractivity contribution < 1.29 is 9.53 Å². The Morgan fingerprint density at radius 1 is 1.41 bits per heavy atom. The van der Waals surface area contributed by atoms with Gasteiger partial charge in [-0.15, -0.1) is 0 Å². The quantitative estimate of drug-likeness (QED) is 0.816. The predicted octanol–water partition coefficient (Wildman–Crippen LogP) is 1.35. The van der Waals surface area contributed by atoms with E-state index in [1.807, 2.05) is 24.3 Å². The van der Waals surface area contributed by atoms with Gasteiger partial charge in [0, 0.05) is 12.5 Å². The van der Waals surface area contributed by atoms with Crippen LogP contribution < -0.4 is 10.1 Å². The van der Waals surface area contributed by atoms with Gasteiger partial charge in [-0.25, -0.2) is 0 Å². The molecule has 0 bridgehead atoms. The van der Waals surface area contributed by atoms with Gasteiger partial charge in [-0.1, -0.05) is 18.2 Å². The molecule has 0 saturated carbocycles. The van der Waals surface area contributed by atoms with E-state index in [2.05, 4.69) is 15.5 Å². The minimum Gasteiger partial charge on any atom is -0.480 e. The van der Waals surface area contributed by atoms with Gasteiger partial charge in [-0.2, -0.15) is 5.10 Å². The zero-order valence-corrected chi connectivity index (χ0v) is 9.01. The number of hydrogen-bond acceptors (Lipinski definition) is 3. The number of fused-ring (bicyclic) bond motifs is 1. The van der Waals surface area contributed by atoms with E-state index in [0.29, 0.717) is 12.2 Å². The molecule has 0 aliphatic carbocycles. The van der Waals surface area contributed by atoms with Crippen LogP contribution in [0.3, 0.4) is 0 Å². The number of anilines is 1. The number of aromatic nitrogens is 2. The molecule has 1 aliphatic heterocycles. The molecule has 1 aromatic heterocycles. The molecule has 0 saturated heterocycles. The fourth-order valence-corrected chi connectivity index (χ4v) is 1.87. The van der Waals surface area contributed by atoms with E-state index < -0.39 is 6.10 Å². The molecule has 0 radical (unpaired) electrons. The molecular formula is C12H11N3O2. The molecule has 1 aromatic carbocycles. The van der Waals surface area contributed by atoms with Crippen molar-refractivity contribution in [3.63, 3.8) is 0 Å². The summed E-state index contributed by atoms with van der Waals surface area (Å²) in [6.45, 7) is 0. The molecule has 1 amide bonds. The van der Waals surface area contributed by atoms with Crippen LogP contribution in [0.25, 0.3) is 0 Å². The van der Waals surface area contributed by atoms with E-state index in [9.17, 15) is 4.79 Å². The third kappa shape index (κ3) is 1.87. The van der Waals surface area contributed by atoms with Gasteiger partial charge in [0.05, 0.1) is 6.20 Å². The maximum atomic E-state index is 11.9. The first kappa shape index (κ1) is 9.89. The summed E-state index contributed by atoms with van der Waals surface area (Å²) in [5, 5.41) is 9.15. The number of benzene rings is 1. The number of amides is 1. The highest BCUT2D eigenvalue weighted by molar-refractivity contribution is 5.94. The summed E-state index contributed by atoms with van der Waals surface area (Å²) in [5.74, 6) is 1.21. The minimum atomic E-state index is -0.462. The molecule has 2 heterocycles. The SMILES string of the molecule is O=C(Nc1ccn[nH]1)C1Cc2ccccc2O1. The molecule has 5 nitrogen and oxygen atoms in total. The van der Waals surface area contributed by atoms with Crippen LogP contribution in [-0.4, -0.2) is 22.2 Å². The Morgan fingerprint density at radius 3 is 3.06 bits per heavy atom. The van der Waals surface area contributed by atoms with Crippen LogP contribution in [0.1, 0.15) is 5.56 Å². The van der Waals surface area contributed by atoms with E-state index in [4.69, 9.17) is 4.74 Å². The van der Waals surface area contributed by atoms with Crippen molar-refractivity contribution in [3.8, 4) is 5.75 Å². The summed E-state index contributed by atoms with van der Waals surface area (Å²) < 4.78 is 5.57. The number of aromatic amines is 1. The summed E-state index contributed by atoms with van der Waals surface area (Å²) in [6, 6.07) is 9.38. The van der Waals surface area contributed by atoms with E-state index in [0.717, 1.165) is 11.3 Å². The zero-order chi connectivity index (χ0) is 11.7. The lowest BCUT2D eigenvalue weighted by Gasteiger charge is -2.09. The number of ether oxygens (including phenoxy) is 1. The Bertz CT molecular complexity index is 511. The Hall–Kier alpha value is -2.30. The lowest BCUT2D eigenvalue weighted by molar-refractivity contribution is -0.122. The number of hydrogen-bond donors (Lipinski definition) is 2. The number of para-hydroxylation sites is 1. The summed E-state index contributed by atoms with van der Waals surface area (Å²) in [7, 11) is 0. The Kier molecular flexibility index (Phi) is 2.29. The van der Waals surface area contributed by atoms with Gasteiger partial charge in [0.25, 0.3) is 5.91 Å². The molecule has 1 atom stereocenters. The number of nitrogens with zero attached hydrogens (tertiary/aromatic N) is 1. The number of nitrogens with one attached hydrogen (secondary N) is 2. The van der Waals surface area contributed by atoms with E-state index in [-0.39, 0.29) is 5.91 Å². The van der Waals surface area contributed by atoms with Crippen molar-refractivity contribution in [1.82, 2.24) is 10.2 Å². The summed E-state index contributed by atoms with van der Waals surface area (Å²) in [4.78, 5) is 11.9. The van der Waals surface area contributed by atoms with Gasteiger partial charge in [0.2, 0.25) is 0 Å². The summed E-state index contributed by atoms with van der Waals surface area (Å²) >= 11 is 0. The lowest BCUT2D eigenvalue weighted by Crippen LogP contribution is -2.31. The van der Waals surface area contributed by atoms with Crippen molar-refractivity contribution in [2.24, 2.45) is 0 Å². The van der Waals surface area contributed by atoms with Gasteiger partial charge >= 0.3 is 0 Å². The Morgan fingerprint density at radius 2 is 2.29 bits per heavy atom. The van der Waals surface area contributed by atoms with E-state index in [1.54, 1.807) is 12.3 Å². The van der Waals surface area contributed by atoms with Crippen molar-refractivity contribution >= 4 is 11.7 Å². The minimum absolute atomic E-state index is 0.162. The fourth-order valence-electron chi connectivity index (χ4n) is 1.87. The van der Waals surface area contributed by atoms with Crippen molar-refractivity contribution in [2.75, 3.05) is 5.32 Å². The normalized spacial score (nSPS) is 17.3. The monoisotopic (exact) mass is 229 g/mol. The van der Waals surface area contributed by atoms with Crippen LogP contribution in [0, 0.1) is 0 Å². The van der Waals surface area contributed by atoms with Crippen LogP contribution >= 0.6 is 0 Å². The zero-order valence-electron chi connectivity index (χ0n) is 9.01. The van der Waals surface area contributed by atoms with Gasteiger partial charge < -0.3 is 10.1 Å². The largest absolute Gasteiger partial charge is 0.480 e. The van der Waals surface area contributed by atoms with Crippen LogP contribution in [-0.2, 0) is 11.2 Å². The molecule has 0 fully saturated rings. The van der Waals surface area contributed by atoms with Gasteiger partial charge in [-0.3, -0.25) is 9.89 Å². The highest BCUT2D eigenvalue weighted by Crippen LogP contribution is 2.28. The molecular weight excluding hydrogens is 218 g/mol. The average molecular weight is 229 g/mol. The van der Waals surface area contributed by atoms with E-state index in [1.165, 1.54) is 0 Å². The molecule has 3 rings (SSSR count). The third-order valence-corrected chi connectivity index (χ3v) is 2.70. The van der Waals surface area contributed by atoms with Gasteiger partial charge in [0.15, 0.2) is 6.10 Å². The summed E-state index contributed by atoms with van der Waals surface area (Å²) in [6.07, 6.45) is 1.73. The Balaban J connectivity index is 1.70. The Labute approximate surface area is 97.8 Å². The topological polar surface area (TPSA) is 67.0 Å². The lowest BCUT2D eigenvalue weighted by atomic mass is 10.1. The molecule has 2 aromatic rings. The first-order chi connectivity index (χ1) is 8.33. The number of H-pyrrole nitrogens is 1. The smallest absolute Gasteiger partial charge is 0.266 e. The fraction of sp³-hybridized carbons (Fsp3) is 0.167. The van der Waals surface area contributed by atoms with Crippen molar-refractivity contribution in [2.45, 2.75) is 12.5 Å². The van der Waals surface area contributed by atoms with Crippen molar-refractivity contribution in [1.29, 1.82) is 0 Å². The molecule has 1 unspecified atom stereocenters. The second kappa shape index (κ2) is 3.93. The van der Waals surface area contributed by atoms with Crippen LogP contribution in [0.4, 0.5) is 5.82 Å². The highest BCUT2D eigenvalue weighted by atomic mass is 16.5. The second-order valence-electron chi connectivity index (χ2n) is 3.88. The number of rotatable bonds is 2. The third-order valence-electron chi connectivity index (χ3n) is 2.70. The number of carbonyl (C=O) groups is 1. The molecule has 17 heavy (non-hydrogen) atoms. The molecule has 2 N–H and O–H groups in total. The molecule has 5 heteroatoms. The van der Waals surface area contributed by atoms with Crippen LogP contribution in [0.15, 0.2) is 36.5 Å². The maximum Gasteiger partial charge on any atom is 0.266 e. The molecule has 86 valence electrons. The van der Waals surface area contributed by atoms with E-state index >= 15 is 0 Å². The van der Waals surface area contributed by atoms with Gasteiger partial charge in [0.1, 0.15) is 11.6 Å². The predicted molar refractivity (Wildman–Crippen MR) is 61.8 cm³/mol. The highest BCUT2D eigenvalue weighted by Gasteiger charge is 2.28. The average Bonchev–Trinajstić information content (AvgIpc) is 2.96. The molecule has 1 aliphatic rings. The van der Waals surface area contributed by atoms with Crippen LogP contribution in [0.2, 0.25) is 0 Å². The first-order valence-electron chi connectivity index (χ1n) is 5.38. The number of carbonyl (C=O) groups excluding carboxylic acids is 1. The van der Waals surface area contributed by atoms with Crippen molar-refractivity contribution in [3.05, 3.63) is 42.1 Å². The standard InChI is InChI=1S/C12H11N3O2/c16-12(14-11-5-6-13-15-11)10-7-8-3-1-2-4-9(8)17-10/h1-6,10H,7H2,(H2,13,14,15,16). The molecule has 0 spiro atoms. The van der Waals surface area contributed by atoms with Gasteiger partial charge in [-0.05, 0) is 11.6 Å². The summed E-state index contributed by atoms with van der Waals surface area (Å²) in [5.41, 5.74) is 1.07. The maximum absolute atomic E-state index is 11.9. The van der Waals surface area contributed by atoms with Crippen LogP contribution in [0.5, 0.6) is 5.75 Å².